The molecule has 4 nitrogen and oxygen atoms in total. The zero-order valence-corrected chi connectivity index (χ0v) is 19.5. The Balaban J connectivity index is 2.25. The van der Waals surface area contributed by atoms with E-state index in [1.807, 2.05) is 64.1 Å². The molecule has 5 heteroatoms. The number of carbonyl (C=O) groups is 2. The van der Waals surface area contributed by atoms with Crippen LogP contribution >= 0.6 is 15.9 Å². The molecule has 2 aromatic carbocycles. The van der Waals surface area contributed by atoms with Crippen LogP contribution in [0.3, 0.4) is 0 Å². The minimum atomic E-state index is -0.550. The van der Waals surface area contributed by atoms with Crippen LogP contribution in [-0.2, 0) is 22.6 Å². The predicted octanol–water partition coefficient (Wildman–Crippen LogP) is 4.94. The Kier molecular flexibility index (Phi) is 8.45. The van der Waals surface area contributed by atoms with Crippen molar-refractivity contribution in [2.45, 2.75) is 66.1 Å². The molecule has 0 aliphatic rings. The fourth-order valence-electron chi connectivity index (χ4n) is 3.28. The first-order valence-corrected chi connectivity index (χ1v) is 10.9. The number of aryl methyl sites for hydroxylation is 2. The average molecular weight is 459 g/mol. The lowest BCUT2D eigenvalue weighted by Gasteiger charge is -2.30. The number of rotatable bonds is 8. The highest BCUT2D eigenvalue weighted by molar-refractivity contribution is 9.10. The van der Waals surface area contributed by atoms with E-state index in [0.29, 0.717) is 6.54 Å². The molecule has 2 rings (SSSR count). The summed E-state index contributed by atoms with van der Waals surface area (Å²) in [7, 11) is 0. The van der Waals surface area contributed by atoms with Crippen molar-refractivity contribution in [2.24, 2.45) is 0 Å². The maximum absolute atomic E-state index is 13.2. The number of hydrogen-bond donors (Lipinski definition) is 1. The monoisotopic (exact) mass is 458 g/mol. The van der Waals surface area contributed by atoms with Crippen molar-refractivity contribution >= 4 is 27.7 Å². The Morgan fingerprint density at radius 3 is 2.14 bits per heavy atom. The van der Waals surface area contributed by atoms with Crippen LogP contribution in [0.1, 0.15) is 49.4 Å². The van der Waals surface area contributed by atoms with Crippen LogP contribution in [0.15, 0.2) is 46.9 Å². The van der Waals surface area contributed by atoms with Crippen molar-refractivity contribution < 1.29 is 9.59 Å². The van der Waals surface area contributed by atoms with Gasteiger partial charge in [-0.1, -0.05) is 64.3 Å². The molecule has 0 saturated carbocycles. The number of nitrogens with one attached hydrogen (secondary N) is 1. The van der Waals surface area contributed by atoms with Crippen LogP contribution in [0.25, 0.3) is 0 Å². The van der Waals surface area contributed by atoms with Gasteiger partial charge in [-0.15, -0.1) is 0 Å². The van der Waals surface area contributed by atoms with Gasteiger partial charge in [0.25, 0.3) is 0 Å². The van der Waals surface area contributed by atoms with Crippen molar-refractivity contribution in [3.63, 3.8) is 0 Å². The Morgan fingerprint density at radius 1 is 1.00 bits per heavy atom. The number of nitrogens with zero attached hydrogens (tertiary/aromatic N) is 1. The fraction of sp³-hybridized carbons (Fsp3) is 0.417. The number of hydrogen-bond acceptors (Lipinski definition) is 2. The SMILES string of the molecule is CC[C@H](C)NC(=O)[C@@H](C)N(Cc1ccc(Br)cc1)C(=O)Cc1cc(C)cc(C)c1. The van der Waals surface area contributed by atoms with Gasteiger partial charge in [0.2, 0.25) is 11.8 Å². The molecule has 0 aromatic heterocycles. The molecule has 1 N–H and O–H groups in total. The highest BCUT2D eigenvalue weighted by Crippen LogP contribution is 2.17. The number of benzene rings is 2. The van der Waals surface area contributed by atoms with E-state index < -0.39 is 6.04 Å². The lowest BCUT2D eigenvalue weighted by atomic mass is 10.0. The van der Waals surface area contributed by atoms with E-state index in [4.69, 9.17) is 0 Å². The van der Waals surface area contributed by atoms with Crippen LogP contribution < -0.4 is 5.32 Å². The molecular weight excluding hydrogens is 428 g/mol. The van der Waals surface area contributed by atoms with Gasteiger partial charge in [-0.2, -0.15) is 0 Å². The van der Waals surface area contributed by atoms with Crippen LogP contribution in [0.5, 0.6) is 0 Å². The van der Waals surface area contributed by atoms with Crippen LogP contribution in [0, 0.1) is 13.8 Å². The van der Waals surface area contributed by atoms with E-state index in [0.717, 1.165) is 33.1 Å². The van der Waals surface area contributed by atoms with Crippen molar-refractivity contribution in [1.29, 1.82) is 0 Å². The quantitative estimate of drug-likeness (QED) is 0.608. The second-order valence-corrected chi connectivity index (χ2v) is 8.73. The van der Waals surface area contributed by atoms with Gasteiger partial charge in [0.1, 0.15) is 6.04 Å². The molecule has 29 heavy (non-hydrogen) atoms. The highest BCUT2D eigenvalue weighted by atomic mass is 79.9. The van der Waals surface area contributed by atoms with Gasteiger partial charge in [-0.3, -0.25) is 9.59 Å². The third-order valence-corrected chi connectivity index (χ3v) is 5.60. The minimum absolute atomic E-state index is 0.0512. The normalized spacial score (nSPS) is 12.9. The first-order valence-electron chi connectivity index (χ1n) is 10.1. The summed E-state index contributed by atoms with van der Waals surface area (Å²) >= 11 is 3.44. The van der Waals surface area contributed by atoms with Crippen molar-refractivity contribution in [3.05, 3.63) is 69.2 Å². The Morgan fingerprint density at radius 2 is 1.59 bits per heavy atom. The van der Waals surface area contributed by atoms with Crippen molar-refractivity contribution in [3.8, 4) is 0 Å². The molecule has 0 saturated heterocycles. The number of carbonyl (C=O) groups excluding carboxylic acids is 2. The van der Waals surface area contributed by atoms with Crippen molar-refractivity contribution in [1.82, 2.24) is 10.2 Å². The summed E-state index contributed by atoms with van der Waals surface area (Å²) in [5.41, 5.74) is 4.23. The second kappa shape index (κ2) is 10.6. The number of halogens is 1. The van der Waals surface area contributed by atoms with Gasteiger partial charge in [-0.25, -0.2) is 0 Å². The fourth-order valence-corrected chi connectivity index (χ4v) is 3.55. The van der Waals surface area contributed by atoms with E-state index in [1.54, 1.807) is 11.8 Å². The van der Waals surface area contributed by atoms with Gasteiger partial charge >= 0.3 is 0 Å². The largest absolute Gasteiger partial charge is 0.352 e. The Labute approximate surface area is 182 Å². The lowest BCUT2D eigenvalue weighted by molar-refractivity contribution is -0.140. The van der Waals surface area contributed by atoms with Crippen LogP contribution in [0.4, 0.5) is 0 Å². The first-order chi connectivity index (χ1) is 13.7. The summed E-state index contributed by atoms with van der Waals surface area (Å²) in [4.78, 5) is 27.7. The molecule has 0 unspecified atom stereocenters. The summed E-state index contributed by atoms with van der Waals surface area (Å²) in [6.07, 6.45) is 1.13. The molecule has 156 valence electrons. The molecule has 0 heterocycles. The van der Waals surface area contributed by atoms with Crippen LogP contribution in [-0.4, -0.2) is 28.8 Å². The van der Waals surface area contributed by atoms with E-state index in [2.05, 4.69) is 27.3 Å². The first kappa shape index (κ1) is 23.1. The Hall–Kier alpha value is -2.14. The molecule has 0 aliphatic carbocycles. The molecule has 2 atom stereocenters. The summed E-state index contributed by atoms with van der Waals surface area (Å²) in [6, 6.07) is 13.5. The molecule has 0 aliphatic heterocycles. The third kappa shape index (κ3) is 7.00. The lowest BCUT2D eigenvalue weighted by Crippen LogP contribution is -2.49. The molecule has 0 radical (unpaired) electrons. The zero-order valence-electron chi connectivity index (χ0n) is 18.0. The Bertz CT molecular complexity index is 828. The molecule has 0 bridgehead atoms. The van der Waals surface area contributed by atoms with E-state index >= 15 is 0 Å². The van der Waals surface area contributed by atoms with Crippen LogP contribution in [0.2, 0.25) is 0 Å². The molecule has 0 fully saturated rings. The van der Waals surface area contributed by atoms with Gasteiger partial charge in [0, 0.05) is 17.1 Å². The molecule has 0 spiro atoms. The van der Waals surface area contributed by atoms with E-state index in [9.17, 15) is 9.59 Å². The van der Waals surface area contributed by atoms with Gasteiger partial charge in [-0.05, 0) is 57.4 Å². The maximum atomic E-state index is 13.2. The van der Waals surface area contributed by atoms with Crippen molar-refractivity contribution in [2.75, 3.05) is 0 Å². The molecular formula is C24H31BrN2O2. The zero-order chi connectivity index (χ0) is 21.6. The molecule has 2 aromatic rings. The van der Waals surface area contributed by atoms with E-state index in [1.165, 1.54) is 0 Å². The standard InChI is InChI=1S/C24H31BrN2O2/c1-6-18(4)26-24(29)19(5)27(15-20-7-9-22(25)10-8-20)23(28)14-21-12-16(2)11-17(3)13-21/h7-13,18-19H,6,14-15H2,1-5H3,(H,26,29)/t18-,19+/m0/s1. The summed E-state index contributed by atoms with van der Waals surface area (Å²) in [5, 5.41) is 3.00. The topological polar surface area (TPSA) is 49.4 Å². The van der Waals surface area contributed by atoms with Gasteiger partial charge < -0.3 is 10.2 Å². The summed E-state index contributed by atoms with van der Waals surface area (Å²) in [5.74, 6) is -0.171. The predicted molar refractivity (Wildman–Crippen MR) is 122 cm³/mol. The highest BCUT2D eigenvalue weighted by Gasteiger charge is 2.26. The minimum Gasteiger partial charge on any atom is -0.352 e. The number of amides is 2. The van der Waals surface area contributed by atoms with E-state index in [-0.39, 0.29) is 24.3 Å². The maximum Gasteiger partial charge on any atom is 0.242 e. The van der Waals surface area contributed by atoms with Gasteiger partial charge in [0.15, 0.2) is 0 Å². The smallest absolute Gasteiger partial charge is 0.242 e. The summed E-state index contributed by atoms with van der Waals surface area (Å²) < 4.78 is 0.983. The van der Waals surface area contributed by atoms with Gasteiger partial charge in [0.05, 0.1) is 6.42 Å². The summed E-state index contributed by atoms with van der Waals surface area (Å²) in [6.45, 7) is 10.3. The third-order valence-electron chi connectivity index (χ3n) is 5.07. The molecule has 2 amide bonds. The second-order valence-electron chi connectivity index (χ2n) is 7.81. The average Bonchev–Trinajstić information content (AvgIpc) is 2.65.